The Hall–Kier alpha value is -2.28. The first kappa shape index (κ1) is 13.7. The van der Waals surface area contributed by atoms with Crippen molar-refractivity contribution in [3.8, 4) is 17.1 Å². The Kier molecular flexibility index (Phi) is 3.42. The van der Waals surface area contributed by atoms with Crippen LogP contribution in [0.5, 0.6) is 0 Å². The van der Waals surface area contributed by atoms with Crippen LogP contribution in [0, 0.1) is 12.7 Å². The van der Waals surface area contributed by atoms with Gasteiger partial charge in [-0.05, 0) is 53.7 Å². The van der Waals surface area contributed by atoms with Crippen molar-refractivity contribution in [2.45, 2.75) is 6.92 Å². The molecule has 21 heavy (non-hydrogen) atoms. The molecule has 0 bridgehead atoms. The van der Waals surface area contributed by atoms with Crippen molar-refractivity contribution in [3.63, 3.8) is 0 Å². The van der Waals surface area contributed by atoms with Crippen LogP contribution in [-0.4, -0.2) is 20.2 Å². The number of halogens is 2. The third-order valence-corrected chi connectivity index (χ3v) is 3.71. The van der Waals surface area contributed by atoms with Crippen molar-refractivity contribution in [3.05, 3.63) is 52.3 Å². The number of hydrogen-bond acceptors (Lipinski definition) is 4. The van der Waals surface area contributed by atoms with Gasteiger partial charge in [0.2, 0.25) is 0 Å². The molecule has 0 aliphatic heterocycles. The standard InChI is InChI=1S/C14H11BrFN5/c1-8-12(16)6-9(7-13(8)17)14-18-19-20-21(14)11-4-2-10(15)3-5-11/h2-7H,17H2,1H3. The summed E-state index contributed by atoms with van der Waals surface area (Å²) in [7, 11) is 0. The number of hydrogen-bond donors (Lipinski definition) is 1. The number of anilines is 1. The largest absolute Gasteiger partial charge is 0.398 e. The van der Waals surface area contributed by atoms with Crippen LogP contribution in [0.25, 0.3) is 17.1 Å². The number of rotatable bonds is 2. The Labute approximate surface area is 128 Å². The van der Waals surface area contributed by atoms with Gasteiger partial charge in [-0.1, -0.05) is 15.9 Å². The minimum Gasteiger partial charge on any atom is -0.398 e. The molecule has 0 unspecified atom stereocenters. The third-order valence-electron chi connectivity index (χ3n) is 3.18. The number of nitrogens with zero attached hydrogens (tertiary/aromatic N) is 4. The smallest absolute Gasteiger partial charge is 0.187 e. The van der Waals surface area contributed by atoms with E-state index in [0.29, 0.717) is 22.6 Å². The van der Waals surface area contributed by atoms with Crippen LogP contribution in [0.3, 0.4) is 0 Å². The zero-order valence-electron chi connectivity index (χ0n) is 11.1. The van der Waals surface area contributed by atoms with E-state index < -0.39 is 0 Å². The predicted octanol–water partition coefficient (Wildman–Crippen LogP) is 3.12. The van der Waals surface area contributed by atoms with E-state index in [4.69, 9.17) is 5.73 Å². The van der Waals surface area contributed by atoms with E-state index in [-0.39, 0.29) is 5.82 Å². The lowest BCUT2D eigenvalue weighted by Crippen LogP contribution is -2.01. The molecule has 0 radical (unpaired) electrons. The SMILES string of the molecule is Cc1c(N)cc(-c2nnnn2-c2ccc(Br)cc2)cc1F. The van der Waals surface area contributed by atoms with Gasteiger partial charge in [0.05, 0.1) is 5.69 Å². The lowest BCUT2D eigenvalue weighted by atomic mass is 10.1. The molecule has 1 heterocycles. The zero-order chi connectivity index (χ0) is 15.0. The van der Waals surface area contributed by atoms with Crippen molar-refractivity contribution in [2.75, 3.05) is 5.73 Å². The molecule has 0 atom stereocenters. The predicted molar refractivity (Wildman–Crippen MR) is 81.4 cm³/mol. The van der Waals surface area contributed by atoms with Gasteiger partial charge < -0.3 is 5.73 Å². The summed E-state index contributed by atoms with van der Waals surface area (Å²) in [4.78, 5) is 0. The fourth-order valence-corrected chi connectivity index (χ4v) is 2.22. The molecule has 2 N–H and O–H groups in total. The summed E-state index contributed by atoms with van der Waals surface area (Å²) in [5.74, 6) is 0.0540. The fourth-order valence-electron chi connectivity index (χ4n) is 1.95. The topological polar surface area (TPSA) is 69.6 Å². The molecular weight excluding hydrogens is 337 g/mol. The van der Waals surface area contributed by atoms with Gasteiger partial charge in [-0.25, -0.2) is 4.39 Å². The van der Waals surface area contributed by atoms with Gasteiger partial charge in [0, 0.05) is 21.3 Å². The van der Waals surface area contributed by atoms with Gasteiger partial charge in [-0.2, -0.15) is 4.68 Å². The van der Waals surface area contributed by atoms with Crippen molar-refractivity contribution in [1.29, 1.82) is 0 Å². The average Bonchev–Trinajstić information content (AvgIpc) is 2.94. The second-order valence-corrected chi connectivity index (χ2v) is 5.48. The summed E-state index contributed by atoms with van der Waals surface area (Å²) in [6.45, 7) is 1.63. The quantitative estimate of drug-likeness (QED) is 0.723. The zero-order valence-corrected chi connectivity index (χ0v) is 12.7. The first-order chi connectivity index (χ1) is 10.1. The summed E-state index contributed by atoms with van der Waals surface area (Å²) in [5.41, 5.74) is 7.91. The van der Waals surface area contributed by atoms with Crippen LogP contribution in [0.15, 0.2) is 40.9 Å². The number of nitrogen functional groups attached to an aromatic ring is 1. The Bertz CT molecular complexity index is 774. The molecule has 0 amide bonds. The lowest BCUT2D eigenvalue weighted by Gasteiger charge is -2.07. The molecule has 0 saturated heterocycles. The summed E-state index contributed by atoms with van der Waals surface area (Å²) >= 11 is 3.37. The van der Waals surface area contributed by atoms with Crippen molar-refractivity contribution in [1.82, 2.24) is 20.2 Å². The third kappa shape index (κ3) is 2.52. The highest BCUT2D eigenvalue weighted by Gasteiger charge is 2.14. The molecule has 5 nitrogen and oxygen atoms in total. The Balaban J connectivity index is 2.13. The summed E-state index contributed by atoms with van der Waals surface area (Å²) in [5, 5.41) is 11.6. The normalized spacial score (nSPS) is 10.8. The Morgan fingerprint density at radius 2 is 1.90 bits per heavy atom. The molecule has 0 spiro atoms. The Morgan fingerprint density at radius 1 is 1.19 bits per heavy atom. The maximum atomic E-state index is 13.9. The lowest BCUT2D eigenvalue weighted by molar-refractivity contribution is 0.619. The summed E-state index contributed by atoms with van der Waals surface area (Å²) < 4.78 is 16.3. The monoisotopic (exact) mass is 347 g/mol. The van der Waals surface area contributed by atoms with E-state index in [1.54, 1.807) is 13.0 Å². The van der Waals surface area contributed by atoms with Crippen LogP contribution in [0.4, 0.5) is 10.1 Å². The molecule has 3 aromatic rings. The number of nitrogens with two attached hydrogens (primary N) is 1. The van der Waals surface area contributed by atoms with Gasteiger partial charge in [-0.3, -0.25) is 0 Å². The van der Waals surface area contributed by atoms with E-state index in [9.17, 15) is 4.39 Å². The first-order valence-corrected chi connectivity index (χ1v) is 6.96. The maximum absolute atomic E-state index is 13.9. The molecule has 0 saturated carbocycles. The molecule has 106 valence electrons. The number of tetrazole rings is 1. The molecule has 0 aliphatic rings. The second-order valence-electron chi connectivity index (χ2n) is 4.56. The molecule has 1 aromatic heterocycles. The van der Waals surface area contributed by atoms with Gasteiger partial charge in [0.25, 0.3) is 0 Å². The molecule has 0 aliphatic carbocycles. The van der Waals surface area contributed by atoms with Crippen molar-refractivity contribution < 1.29 is 4.39 Å². The average molecular weight is 348 g/mol. The molecule has 3 rings (SSSR count). The van der Waals surface area contributed by atoms with Gasteiger partial charge >= 0.3 is 0 Å². The number of aromatic nitrogens is 4. The van der Waals surface area contributed by atoms with E-state index in [1.807, 2.05) is 24.3 Å². The van der Waals surface area contributed by atoms with E-state index in [0.717, 1.165) is 10.2 Å². The molecular formula is C14H11BrFN5. The Morgan fingerprint density at radius 3 is 2.57 bits per heavy atom. The van der Waals surface area contributed by atoms with Crippen LogP contribution < -0.4 is 5.73 Å². The van der Waals surface area contributed by atoms with Crippen LogP contribution in [0.2, 0.25) is 0 Å². The molecule has 0 fully saturated rings. The van der Waals surface area contributed by atoms with Gasteiger partial charge in [0.15, 0.2) is 5.82 Å². The highest BCUT2D eigenvalue weighted by atomic mass is 79.9. The van der Waals surface area contributed by atoms with Gasteiger partial charge in [-0.15, -0.1) is 5.10 Å². The minimum atomic E-state index is -0.379. The molecule has 2 aromatic carbocycles. The summed E-state index contributed by atoms with van der Waals surface area (Å²) in [6.07, 6.45) is 0. The van der Waals surface area contributed by atoms with Crippen LogP contribution in [-0.2, 0) is 0 Å². The minimum absolute atomic E-state index is 0.371. The van der Waals surface area contributed by atoms with E-state index >= 15 is 0 Å². The fraction of sp³-hybridized carbons (Fsp3) is 0.0714. The molecule has 7 heteroatoms. The first-order valence-electron chi connectivity index (χ1n) is 6.16. The van der Waals surface area contributed by atoms with E-state index in [2.05, 4.69) is 31.5 Å². The number of benzene rings is 2. The maximum Gasteiger partial charge on any atom is 0.187 e. The van der Waals surface area contributed by atoms with Crippen LogP contribution in [0.1, 0.15) is 5.56 Å². The second kappa shape index (κ2) is 5.25. The highest BCUT2D eigenvalue weighted by molar-refractivity contribution is 9.10. The van der Waals surface area contributed by atoms with Crippen molar-refractivity contribution in [2.24, 2.45) is 0 Å². The summed E-state index contributed by atoms with van der Waals surface area (Å²) in [6, 6.07) is 10.5. The van der Waals surface area contributed by atoms with Crippen molar-refractivity contribution >= 4 is 21.6 Å². The van der Waals surface area contributed by atoms with E-state index in [1.165, 1.54) is 10.7 Å². The highest BCUT2D eigenvalue weighted by Crippen LogP contribution is 2.26. The van der Waals surface area contributed by atoms with Crippen LogP contribution >= 0.6 is 15.9 Å². The van der Waals surface area contributed by atoms with Gasteiger partial charge in [0.1, 0.15) is 5.82 Å².